The highest BCUT2D eigenvalue weighted by molar-refractivity contribution is 5.79. The summed E-state index contributed by atoms with van der Waals surface area (Å²) in [6.45, 7) is 9.41. The fourth-order valence-corrected chi connectivity index (χ4v) is 5.34. The van der Waals surface area contributed by atoms with Crippen molar-refractivity contribution in [1.82, 2.24) is 9.80 Å². The van der Waals surface area contributed by atoms with Gasteiger partial charge in [-0.3, -0.25) is 9.69 Å². The van der Waals surface area contributed by atoms with E-state index in [9.17, 15) is 4.79 Å². The van der Waals surface area contributed by atoms with E-state index in [0.717, 1.165) is 71.3 Å². The van der Waals surface area contributed by atoms with E-state index in [1.54, 1.807) is 0 Å². The van der Waals surface area contributed by atoms with Gasteiger partial charge in [0.15, 0.2) is 0 Å². The van der Waals surface area contributed by atoms with E-state index < -0.39 is 0 Å². The van der Waals surface area contributed by atoms with Gasteiger partial charge >= 0.3 is 0 Å². The monoisotopic (exact) mass is 384 g/mol. The van der Waals surface area contributed by atoms with Crippen molar-refractivity contribution in [3.63, 3.8) is 0 Å². The van der Waals surface area contributed by atoms with Crippen molar-refractivity contribution in [2.24, 2.45) is 0 Å². The zero-order chi connectivity index (χ0) is 19.6. The third-order valence-corrected chi connectivity index (χ3v) is 7.15. The molecule has 28 heavy (non-hydrogen) atoms. The molecule has 3 aliphatic heterocycles. The van der Waals surface area contributed by atoms with Gasteiger partial charge in [0, 0.05) is 38.2 Å². The van der Waals surface area contributed by atoms with Crippen LogP contribution in [0, 0.1) is 0 Å². The predicted octanol–water partition coefficient (Wildman–Crippen LogP) is 4.34. The molecule has 0 saturated carbocycles. The van der Waals surface area contributed by atoms with Crippen molar-refractivity contribution in [2.75, 3.05) is 26.2 Å². The van der Waals surface area contributed by atoms with E-state index in [2.05, 4.69) is 47.9 Å². The maximum absolute atomic E-state index is 12.7. The molecule has 1 amide bonds. The van der Waals surface area contributed by atoms with Gasteiger partial charge in [-0.2, -0.15) is 0 Å². The first kappa shape index (κ1) is 19.9. The van der Waals surface area contributed by atoms with E-state index in [1.165, 1.54) is 17.5 Å². The zero-order valence-corrected chi connectivity index (χ0v) is 17.7. The average Bonchev–Trinajstić information content (AvgIpc) is 3.25. The first-order valence-corrected chi connectivity index (χ1v) is 11.3. The Bertz CT molecular complexity index is 666. The molecule has 0 aliphatic carbocycles. The van der Waals surface area contributed by atoms with E-state index >= 15 is 0 Å². The van der Waals surface area contributed by atoms with Crippen LogP contribution in [0.4, 0.5) is 0 Å². The van der Waals surface area contributed by atoms with E-state index in [0.29, 0.717) is 11.8 Å². The van der Waals surface area contributed by atoms with Crippen LogP contribution in [0.3, 0.4) is 0 Å². The second-order valence-electron chi connectivity index (χ2n) is 9.39. The standard InChI is InChI=1S/C24H36N2O2/c1-19(2)21-8-6-20(7-9-21)17-25-14-4-11-24(13-15-25)12-10-23(27)26(24)18-22-5-3-16-28-22/h6-9,19,22H,3-5,10-18H2,1-2H3/t22-,24+/m1/s1. The lowest BCUT2D eigenvalue weighted by Crippen LogP contribution is -2.49. The van der Waals surface area contributed by atoms with E-state index in [-0.39, 0.29) is 11.6 Å². The number of hydrogen-bond acceptors (Lipinski definition) is 3. The first-order valence-electron chi connectivity index (χ1n) is 11.3. The lowest BCUT2D eigenvalue weighted by atomic mass is 9.87. The summed E-state index contributed by atoms with van der Waals surface area (Å²) in [5, 5.41) is 0. The van der Waals surface area contributed by atoms with Gasteiger partial charge in [-0.15, -0.1) is 0 Å². The quantitative estimate of drug-likeness (QED) is 0.757. The average molecular weight is 385 g/mol. The molecule has 0 radical (unpaired) electrons. The molecule has 1 aromatic carbocycles. The Kier molecular flexibility index (Phi) is 6.07. The van der Waals surface area contributed by atoms with Crippen LogP contribution in [-0.2, 0) is 16.1 Å². The van der Waals surface area contributed by atoms with E-state index in [1.807, 2.05) is 0 Å². The highest BCUT2D eigenvalue weighted by Crippen LogP contribution is 2.40. The minimum atomic E-state index is 0.0826. The number of amides is 1. The number of carbonyl (C=O) groups excluding carboxylic acids is 1. The van der Waals surface area contributed by atoms with Crippen molar-refractivity contribution < 1.29 is 9.53 Å². The number of likely N-dealkylation sites (tertiary alicyclic amines) is 2. The Morgan fingerprint density at radius 3 is 2.64 bits per heavy atom. The van der Waals surface area contributed by atoms with Gasteiger partial charge < -0.3 is 9.64 Å². The van der Waals surface area contributed by atoms with Crippen molar-refractivity contribution in [2.45, 2.75) is 82.9 Å². The SMILES string of the molecule is CC(C)c1ccc(CN2CCC[C@]3(CCC(=O)N3C[C@H]3CCCO3)CC2)cc1. The summed E-state index contributed by atoms with van der Waals surface area (Å²) in [6.07, 6.45) is 7.71. The smallest absolute Gasteiger partial charge is 0.223 e. The molecule has 3 saturated heterocycles. The van der Waals surface area contributed by atoms with Crippen LogP contribution in [0.15, 0.2) is 24.3 Å². The number of nitrogens with zero attached hydrogens (tertiary/aromatic N) is 2. The normalized spacial score (nSPS) is 29.2. The Balaban J connectivity index is 1.38. The molecular formula is C24H36N2O2. The molecule has 0 bridgehead atoms. The van der Waals surface area contributed by atoms with Gasteiger partial charge in [-0.1, -0.05) is 38.1 Å². The van der Waals surface area contributed by atoms with Gasteiger partial charge in [0.1, 0.15) is 0 Å². The fourth-order valence-electron chi connectivity index (χ4n) is 5.34. The maximum Gasteiger partial charge on any atom is 0.223 e. The van der Waals surface area contributed by atoms with Crippen LogP contribution < -0.4 is 0 Å². The Hall–Kier alpha value is -1.39. The van der Waals surface area contributed by atoms with E-state index in [4.69, 9.17) is 4.74 Å². The fraction of sp³-hybridized carbons (Fsp3) is 0.708. The third kappa shape index (κ3) is 4.28. The molecule has 2 atom stereocenters. The third-order valence-electron chi connectivity index (χ3n) is 7.15. The van der Waals surface area contributed by atoms with Crippen molar-refractivity contribution >= 4 is 5.91 Å². The number of rotatable bonds is 5. The molecule has 154 valence electrons. The second kappa shape index (κ2) is 8.54. The molecule has 4 rings (SSSR count). The lowest BCUT2D eigenvalue weighted by Gasteiger charge is -2.39. The number of hydrogen-bond donors (Lipinski definition) is 0. The van der Waals surface area contributed by atoms with Crippen LogP contribution in [0.5, 0.6) is 0 Å². The molecule has 1 spiro atoms. The van der Waals surface area contributed by atoms with Crippen LogP contribution in [0.1, 0.15) is 75.8 Å². The Labute approximate surface area is 170 Å². The largest absolute Gasteiger partial charge is 0.376 e. The molecule has 3 fully saturated rings. The van der Waals surface area contributed by atoms with Gasteiger partial charge in [0.2, 0.25) is 5.91 Å². The summed E-state index contributed by atoms with van der Waals surface area (Å²) >= 11 is 0. The molecule has 0 unspecified atom stereocenters. The maximum atomic E-state index is 12.7. The molecule has 3 aliphatic rings. The zero-order valence-electron chi connectivity index (χ0n) is 17.7. The molecular weight excluding hydrogens is 348 g/mol. The van der Waals surface area contributed by atoms with Crippen molar-refractivity contribution in [1.29, 1.82) is 0 Å². The topological polar surface area (TPSA) is 32.8 Å². The van der Waals surface area contributed by atoms with Crippen LogP contribution in [-0.4, -0.2) is 53.6 Å². The second-order valence-corrected chi connectivity index (χ2v) is 9.39. The number of ether oxygens (including phenoxy) is 1. The molecule has 1 aromatic rings. The van der Waals surface area contributed by atoms with Gasteiger partial charge in [-0.25, -0.2) is 0 Å². The summed E-state index contributed by atoms with van der Waals surface area (Å²) < 4.78 is 5.85. The molecule has 3 heterocycles. The number of carbonyl (C=O) groups is 1. The van der Waals surface area contributed by atoms with Crippen LogP contribution in [0.25, 0.3) is 0 Å². The summed E-state index contributed by atoms with van der Waals surface area (Å²) in [4.78, 5) is 17.5. The molecule has 0 N–H and O–H groups in total. The van der Waals surface area contributed by atoms with Crippen molar-refractivity contribution in [3.05, 3.63) is 35.4 Å². The summed E-state index contributed by atoms with van der Waals surface area (Å²) in [7, 11) is 0. The molecule has 0 aromatic heterocycles. The van der Waals surface area contributed by atoms with Gasteiger partial charge in [0.05, 0.1) is 6.10 Å². The molecule has 4 nitrogen and oxygen atoms in total. The summed E-state index contributed by atoms with van der Waals surface area (Å²) in [5.74, 6) is 0.940. The first-order chi connectivity index (χ1) is 13.6. The highest BCUT2D eigenvalue weighted by atomic mass is 16.5. The van der Waals surface area contributed by atoms with Gasteiger partial charge in [-0.05, 0) is 62.1 Å². The Morgan fingerprint density at radius 1 is 1.11 bits per heavy atom. The van der Waals surface area contributed by atoms with Crippen molar-refractivity contribution in [3.8, 4) is 0 Å². The lowest BCUT2D eigenvalue weighted by molar-refractivity contribution is -0.133. The summed E-state index contributed by atoms with van der Waals surface area (Å²) in [5.41, 5.74) is 2.89. The van der Waals surface area contributed by atoms with Gasteiger partial charge in [0.25, 0.3) is 0 Å². The Morgan fingerprint density at radius 2 is 1.93 bits per heavy atom. The summed E-state index contributed by atoms with van der Waals surface area (Å²) in [6, 6.07) is 9.13. The highest BCUT2D eigenvalue weighted by Gasteiger charge is 2.46. The molecule has 4 heteroatoms. The van der Waals surface area contributed by atoms with Crippen LogP contribution in [0.2, 0.25) is 0 Å². The number of benzene rings is 1. The van der Waals surface area contributed by atoms with Crippen LogP contribution >= 0.6 is 0 Å². The minimum absolute atomic E-state index is 0.0826. The minimum Gasteiger partial charge on any atom is -0.376 e. The predicted molar refractivity (Wildman–Crippen MR) is 112 cm³/mol.